The average molecular weight is 226 g/mol. The molecule has 0 aliphatic rings. The van der Waals surface area contributed by atoms with Crippen molar-refractivity contribution >= 4 is 5.52 Å². The zero-order chi connectivity index (χ0) is 7.68. The number of halogens is 1. The molecule has 2 nitrogen and oxygen atoms in total. The minimum absolute atomic E-state index is 0. The van der Waals surface area contributed by atoms with Crippen LogP contribution < -0.4 is 21.4 Å². The van der Waals surface area contributed by atoms with E-state index in [2.05, 4.69) is 0 Å². The summed E-state index contributed by atoms with van der Waals surface area (Å²) in [4.78, 5) is 0. The van der Waals surface area contributed by atoms with Gasteiger partial charge in [0.1, 0.15) is 0 Å². The van der Waals surface area contributed by atoms with E-state index in [4.69, 9.17) is 0 Å². The van der Waals surface area contributed by atoms with Crippen LogP contribution in [0.1, 0.15) is 0 Å². The van der Waals surface area contributed by atoms with E-state index in [9.17, 15) is 5.11 Å². The van der Waals surface area contributed by atoms with Crippen LogP contribution in [-0.4, -0.2) is 5.11 Å². The molecule has 0 aromatic carbocycles. The Labute approximate surface area is 80.9 Å². The van der Waals surface area contributed by atoms with Gasteiger partial charge in [-0.2, -0.15) is 4.40 Å². The van der Waals surface area contributed by atoms with Crippen LogP contribution in [0.3, 0.4) is 0 Å². The molecule has 62 valence electrons. The summed E-state index contributed by atoms with van der Waals surface area (Å²) in [6.45, 7) is 0. The number of rotatable bonds is 0. The van der Waals surface area contributed by atoms with Crippen LogP contribution in [0.25, 0.3) is 5.52 Å². The second kappa shape index (κ2) is 3.54. The van der Waals surface area contributed by atoms with Crippen molar-refractivity contribution in [2.24, 2.45) is 0 Å². The molecule has 3 heteroatoms. The second-order valence-corrected chi connectivity index (χ2v) is 2.39. The standard InChI is InChI=1S/C9H7NO.BrH/c11-9-5-3-7-10-6-2-1-4-8(9)10;/h1-7H;1H. The molecule has 0 aliphatic carbocycles. The van der Waals surface area contributed by atoms with Crippen molar-refractivity contribution in [2.75, 3.05) is 0 Å². The predicted molar refractivity (Wildman–Crippen MR) is 41.3 cm³/mol. The molecule has 0 aliphatic heterocycles. The van der Waals surface area contributed by atoms with Gasteiger partial charge in [-0.05, 0) is 12.1 Å². The Hall–Kier alpha value is -1.09. The van der Waals surface area contributed by atoms with Crippen LogP contribution >= 0.6 is 0 Å². The van der Waals surface area contributed by atoms with E-state index < -0.39 is 0 Å². The fourth-order valence-electron chi connectivity index (χ4n) is 1.12. The molecule has 12 heavy (non-hydrogen) atoms. The molecule has 0 spiro atoms. The van der Waals surface area contributed by atoms with Gasteiger partial charge in [0.2, 0.25) is 0 Å². The zero-order valence-corrected chi connectivity index (χ0v) is 7.90. The molecular formula is C9H8BrNO. The maximum absolute atomic E-state index is 9.35. The number of pyridine rings is 2. The third kappa shape index (κ3) is 1.41. The molecule has 0 unspecified atom stereocenters. The highest BCUT2D eigenvalue weighted by Gasteiger charge is 2.02. The van der Waals surface area contributed by atoms with Gasteiger partial charge in [0, 0.05) is 18.2 Å². The summed E-state index contributed by atoms with van der Waals surface area (Å²) in [6, 6.07) is 9.18. The number of hydrogen-bond donors (Lipinski definition) is 1. The fraction of sp³-hybridized carbons (Fsp3) is 0. The lowest BCUT2D eigenvalue weighted by Gasteiger charge is -1.90. The van der Waals surface area contributed by atoms with Crippen LogP contribution in [0, 0.1) is 0 Å². The van der Waals surface area contributed by atoms with Crippen LogP contribution in [0.2, 0.25) is 0 Å². The Morgan fingerprint density at radius 2 is 1.75 bits per heavy atom. The van der Waals surface area contributed by atoms with Crippen molar-refractivity contribution in [3.8, 4) is 5.75 Å². The highest BCUT2D eigenvalue weighted by atomic mass is 79.9. The van der Waals surface area contributed by atoms with Crippen LogP contribution in [0.4, 0.5) is 0 Å². The number of aromatic nitrogens is 1. The topological polar surface area (TPSA) is 24.3 Å². The molecule has 2 rings (SSSR count). The first-order valence-electron chi connectivity index (χ1n) is 3.46. The Morgan fingerprint density at radius 3 is 2.50 bits per heavy atom. The average Bonchev–Trinajstić information content (AvgIpc) is 2.06. The largest absolute Gasteiger partial charge is 1.00 e. The molecule has 2 aromatic heterocycles. The first-order valence-corrected chi connectivity index (χ1v) is 3.46. The van der Waals surface area contributed by atoms with E-state index in [-0.39, 0.29) is 17.0 Å². The molecule has 0 saturated heterocycles. The lowest BCUT2D eigenvalue weighted by molar-refractivity contribution is -0.512. The summed E-state index contributed by atoms with van der Waals surface area (Å²) >= 11 is 0. The van der Waals surface area contributed by atoms with Crippen molar-refractivity contribution in [2.45, 2.75) is 0 Å². The maximum Gasteiger partial charge on any atom is 0.252 e. The molecular weight excluding hydrogens is 218 g/mol. The highest BCUT2D eigenvalue weighted by molar-refractivity contribution is 5.51. The Morgan fingerprint density at radius 1 is 1.00 bits per heavy atom. The molecule has 1 N–H and O–H groups in total. The molecule has 0 atom stereocenters. The number of hydrogen-bond acceptors (Lipinski definition) is 1. The van der Waals surface area contributed by atoms with Gasteiger partial charge < -0.3 is 22.1 Å². The molecule has 0 bridgehead atoms. The SMILES string of the molecule is Oc1ccc[n+]2ccccc12.[Br-]. The third-order valence-corrected chi connectivity index (χ3v) is 1.65. The van der Waals surface area contributed by atoms with Crippen molar-refractivity contribution in [3.63, 3.8) is 0 Å². The van der Waals surface area contributed by atoms with E-state index >= 15 is 0 Å². The van der Waals surface area contributed by atoms with E-state index in [1.165, 1.54) is 0 Å². The van der Waals surface area contributed by atoms with E-state index in [0.717, 1.165) is 5.52 Å². The zero-order valence-electron chi connectivity index (χ0n) is 6.31. The van der Waals surface area contributed by atoms with E-state index in [1.807, 2.05) is 41.1 Å². The van der Waals surface area contributed by atoms with Gasteiger partial charge in [0.15, 0.2) is 18.1 Å². The first-order chi connectivity index (χ1) is 5.38. The molecule has 0 saturated carbocycles. The van der Waals surface area contributed by atoms with Gasteiger partial charge in [-0.1, -0.05) is 0 Å². The smallest absolute Gasteiger partial charge is 0.252 e. The van der Waals surface area contributed by atoms with E-state index in [0.29, 0.717) is 5.75 Å². The summed E-state index contributed by atoms with van der Waals surface area (Å²) in [6.07, 6.45) is 3.80. The minimum atomic E-state index is 0. The Balaban J connectivity index is 0.000000720. The summed E-state index contributed by atoms with van der Waals surface area (Å²) < 4.78 is 1.87. The maximum atomic E-state index is 9.35. The van der Waals surface area contributed by atoms with Crippen molar-refractivity contribution < 1.29 is 26.5 Å². The van der Waals surface area contributed by atoms with Gasteiger partial charge >= 0.3 is 0 Å². The normalized spacial score (nSPS) is 9.33. The third-order valence-electron chi connectivity index (χ3n) is 1.65. The number of fused-ring (bicyclic) bond motifs is 1. The lowest BCUT2D eigenvalue weighted by Crippen LogP contribution is -3.00. The van der Waals surface area contributed by atoms with Gasteiger partial charge in [0.25, 0.3) is 5.52 Å². The Bertz CT molecular complexity index is 384. The minimum Gasteiger partial charge on any atom is -1.00 e. The second-order valence-electron chi connectivity index (χ2n) is 2.39. The monoisotopic (exact) mass is 225 g/mol. The summed E-state index contributed by atoms with van der Waals surface area (Å²) in [5.74, 6) is 0.313. The summed E-state index contributed by atoms with van der Waals surface area (Å²) in [7, 11) is 0. The summed E-state index contributed by atoms with van der Waals surface area (Å²) in [5.41, 5.74) is 0.829. The fourth-order valence-corrected chi connectivity index (χ4v) is 1.12. The van der Waals surface area contributed by atoms with Gasteiger partial charge in [-0.3, -0.25) is 0 Å². The highest BCUT2D eigenvalue weighted by Crippen LogP contribution is 2.11. The van der Waals surface area contributed by atoms with Gasteiger partial charge in [0.05, 0.1) is 0 Å². The Kier molecular flexibility index (Phi) is 2.65. The number of nitrogens with zero attached hydrogens (tertiary/aromatic N) is 1. The van der Waals surface area contributed by atoms with Gasteiger partial charge in [-0.25, -0.2) is 0 Å². The van der Waals surface area contributed by atoms with E-state index in [1.54, 1.807) is 6.07 Å². The van der Waals surface area contributed by atoms with Crippen molar-refractivity contribution in [3.05, 3.63) is 42.7 Å². The molecule has 0 radical (unpaired) electrons. The lowest BCUT2D eigenvalue weighted by atomic mass is 10.3. The van der Waals surface area contributed by atoms with Crippen molar-refractivity contribution in [1.82, 2.24) is 0 Å². The van der Waals surface area contributed by atoms with Crippen LogP contribution in [-0.2, 0) is 0 Å². The van der Waals surface area contributed by atoms with Crippen LogP contribution in [0.15, 0.2) is 42.7 Å². The van der Waals surface area contributed by atoms with Crippen LogP contribution in [0.5, 0.6) is 5.75 Å². The first kappa shape index (κ1) is 9.00. The molecule has 2 aromatic rings. The molecule has 0 amide bonds. The van der Waals surface area contributed by atoms with Gasteiger partial charge in [-0.15, -0.1) is 0 Å². The molecule has 0 fully saturated rings. The van der Waals surface area contributed by atoms with Crippen molar-refractivity contribution in [1.29, 1.82) is 0 Å². The molecule has 2 heterocycles. The predicted octanol–water partition coefficient (Wildman–Crippen LogP) is -1.87. The quantitative estimate of drug-likeness (QED) is 0.523. The summed E-state index contributed by atoms with van der Waals surface area (Å²) in [5, 5.41) is 9.35. The number of aromatic hydroxyl groups is 1.